The number of ether oxygens (including phenoxy) is 1. The van der Waals surface area contributed by atoms with Crippen molar-refractivity contribution in [2.75, 3.05) is 7.11 Å². The summed E-state index contributed by atoms with van der Waals surface area (Å²) in [5.41, 5.74) is 2.56. The maximum Gasteiger partial charge on any atom is 0.262 e. The second kappa shape index (κ2) is 8.14. The van der Waals surface area contributed by atoms with E-state index in [1.54, 1.807) is 18.6 Å². The number of carbonyl (C=O) groups excluding carboxylic acids is 1. The van der Waals surface area contributed by atoms with Crippen molar-refractivity contribution >= 4 is 27.3 Å². The lowest BCUT2D eigenvalue weighted by molar-refractivity contribution is 0.0940. The molecule has 0 saturated heterocycles. The second-order valence-electron chi connectivity index (χ2n) is 6.71. The Bertz CT molecular complexity index is 1140. The largest absolute Gasteiger partial charge is 0.380 e. The first-order valence-corrected chi connectivity index (χ1v) is 9.98. The van der Waals surface area contributed by atoms with Gasteiger partial charge in [0.2, 0.25) is 0 Å². The lowest BCUT2D eigenvalue weighted by Gasteiger charge is -2.15. The van der Waals surface area contributed by atoms with Gasteiger partial charge in [-0.05, 0) is 36.8 Å². The van der Waals surface area contributed by atoms with E-state index in [4.69, 9.17) is 4.74 Å². The Kier molecular flexibility index (Phi) is 5.42. The number of aromatic nitrogens is 2. The molecule has 0 spiro atoms. The number of benzene rings is 2. The molecule has 0 radical (unpaired) electrons. The first-order chi connectivity index (χ1) is 14.1. The summed E-state index contributed by atoms with van der Waals surface area (Å²) in [5.74, 6) is -0.572. The Labute approximate surface area is 171 Å². The van der Waals surface area contributed by atoms with Crippen molar-refractivity contribution in [3.8, 4) is 5.69 Å². The highest BCUT2D eigenvalue weighted by atomic mass is 32.1. The molecule has 7 heteroatoms. The third kappa shape index (κ3) is 3.79. The lowest BCUT2D eigenvalue weighted by Crippen LogP contribution is -2.26. The number of hydrogen-bond donors (Lipinski definition) is 1. The number of nitrogens with one attached hydrogen (secondary N) is 1. The van der Waals surface area contributed by atoms with Crippen LogP contribution in [0.25, 0.3) is 15.8 Å². The second-order valence-corrected chi connectivity index (χ2v) is 7.76. The van der Waals surface area contributed by atoms with Gasteiger partial charge in [0.15, 0.2) is 0 Å². The molecule has 0 bridgehead atoms. The summed E-state index contributed by atoms with van der Waals surface area (Å²) in [6.45, 7) is 2.10. The highest BCUT2D eigenvalue weighted by molar-refractivity contribution is 7.21. The van der Waals surface area contributed by atoms with Crippen LogP contribution in [-0.4, -0.2) is 22.6 Å². The van der Waals surface area contributed by atoms with Crippen LogP contribution in [0.2, 0.25) is 0 Å². The molecular weight excluding hydrogens is 389 g/mol. The first-order valence-electron chi connectivity index (χ1n) is 9.16. The van der Waals surface area contributed by atoms with Gasteiger partial charge in [-0.25, -0.2) is 9.37 Å². The molecule has 4 aromatic rings. The van der Waals surface area contributed by atoms with E-state index in [0.717, 1.165) is 16.0 Å². The van der Waals surface area contributed by atoms with Gasteiger partial charge in [-0.2, -0.15) is 0 Å². The summed E-state index contributed by atoms with van der Waals surface area (Å²) < 4.78 is 22.2. The highest BCUT2D eigenvalue weighted by Crippen LogP contribution is 2.34. The van der Waals surface area contributed by atoms with E-state index < -0.39 is 0 Å². The maximum atomic E-state index is 14.3. The predicted molar refractivity (Wildman–Crippen MR) is 112 cm³/mol. The normalized spacial score (nSPS) is 12.2. The Morgan fingerprint density at radius 1 is 1.28 bits per heavy atom. The highest BCUT2D eigenvalue weighted by Gasteiger charge is 2.22. The van der Waals surface area contributed by atoms with E-state index >= 15 is 0 Å². The van der Waals surface area contributed by atoms with Crippen molar-refractivity contribution in [2.45, 2.75) is 19.6 Å². The monoisotopic (exact) mass is 409 g/mol. The summed E-state index contributed by atoms with van der Waals surface area (Å²) in [6, 6.07) is 12.6. The number of nitrogens with zero attached hydrogens (tertiary/aromatic N) is 2. The third-order valence-electron chi connectivity index (χ3n) is 4.80. The SMILES string of the molecule is COCc1c(C(=O)NC(C)c2ccc(-n3ccnc3)cc2)sc2cccc(F)c12. The number of imidazole rings is 1. The average Bonchev–Trinajstić information content (AvgIpc) is 3.37. The molecule has 0 fully saturated rings. The van der Waals surface area contributed by atoms with E-state index in [9.17, 15) is 9.18 Å². The lowest BCUT2D eigenvalue weighted by atomic mass is 10.1. The number of fused-ring (bicyclic) bond motifs is 1. The number of carbonyl (C=O) groups is 1. The van der Waals surface area contributed by atoms with E-state index in [1.165, 1.54) is 24.5 Å². The van der Waals surface area contributed by atoms with Crippen molar-refractivity contribution in [1.29, 1.82) is 0 Å². The van der Waals surface area contributed by atoms with Crippen LogP contribution in [0, 0.1) is 5.82 Å². The predicted octanol–water partition coefficient (Wildman–Crippen LogP) is 4.86. The molecule has 0 aliphatic carbocycles. The number of rotatable bonds is 6. The number of hydrogen-bond acceptors (Lipinski definition) is 4. The van der Waals surface area contributed by atoms with Gasteiger partial charge in [0.25, 0.3) is 5.91 Å². The van der Waals surface area contributed by atoms with Crippen molar-refractivity contribution in [3.05, 3.63) is 83.0 Å². The summed E-state index contributed by atoms with van der Waals surface area (Å²) >= 11 is 1.28. The zero-order valence-corrected chi connectivity index (χ0v) is 16.9. The van der Waals surface area contributed by atoms with Crippen LogP contribution in [0.15, 0.2) is 61.2 Å². The van der Waals surface area contributed by atoms with Crippen molar-refractivity contribution < 1.29 is 13.9 Å². The quantitative estimate of drug-likeness (QED) is 0.495. The fourth-order valence-electron chi connectivity index (χ4n) is 3.33. The molecule has 1 unspecified atom stereocenters. The molecule has 1 atom stereocenters. The summed E-state index contributed by atoms with van der Waals surface area (Å²) in [7, 11) is 1.54. The molecular formula is C22H20FN3O2S. The van der Waals surface area contributed by atoms with Gasteiger partial charge >= 0.3 is 0 Å². The summed E-state index contributed by atoms with van der Waals surface area (Å²) in [5, 5.41) is 3.48. The van der Waals surface area contributed by atoms with Gasteiger partial charge in [0, 0.05) is 40.8 Å². The van der Waals surface area contributed by atoms with E-state index in [1.807, 2.05) is 48.0 Å². The van der Waals surface area contributed by atoms with E-state index in [0.29, 0.717) is 15.8 Å². The molecule has 2 heterocycles. The van der Waals surface area contributed by atoms with Crippen LogP contribution in [0.1, 0.15) is 33.8 Å². The number of thiophene rings is 1. The molecule has 1 amide bonds. The van der Waals surface area contributed by atoms with Crippen LogP contribution < -0.4 is 5.32 Å². The van der Waals surface area contributed by atoms with Crippen LogP contribution in [0.4, 0.5) is 4.39 Å². The zero-order chi connectivity index (χ0) is 20.4. The van der Waals surface area contributed by atoms with Crippen LogP contribution in [0.3, 0.4) is 0 Å². The first kappa shape index (κ1) is 19.3. The fourth-order valence-corrected chi connectivity index (χ4v) is 4.45. The smallest absolute Gasteiger partial charge is 0.262 e. The minimum Gasteiger partial charge on any atom is -0.380 e. The molecule has 2 aromatic carbocycles. The maximum absolute atomic E-state index is 14.3. The van der Waals surface area contributed by atoms with Crippen molar-refractivity contribution in [1.82, 2.24) is 14.9 Å². The average molecular weight is 409 g/mol. The van der Waals surface area contributed by atoms with Gasteiger partial charge < -0.3 is 14.6 Å². The third-order valence-corrected chi connectivity index (χ3v) is 6.00. The van der Waals surface area contributed by atoms with E-state index in [-0.39, 0.29) is 24.4 Å². The molecule has 0 aliphatic rings. The Morgan fingerprint density at radius 3 is 2.76 bits per heavy atom. The fraction of sp³-hybridized carbons (Fsp3) is 0.182. The van der Waals surface area contributed by atoms with Gasteiger partial charge in [0.05, 0.1) is 23.9 Å². The number of amides is 1. The summed E-state index contributed by atoms with van der Waals surface area (Å²) in [4.78, 5) is 17.5. The molecule has 148 valence electrons. The van der Waals surface area contributed by atoms with Crippen LogP contribution >= 0.6 is 11.3 Å². The standard InChI is InChI=1S/C22H20FN3O2S/c1-14(15-6-8-16(9-7-15)26-11-10-24-13-26)25-22(27)21-17(12-28-2)20-18(23)4-3-5-19(20)29-21/h3-11,13-14H,12H2,1-2H3,(H,25,27). The molecule has 1 N–H and O–H groups in total. The molecule has 29 heavy (non-hydrogen) atoms. The summed E-state index contributed by atoms with van der Waals surface area (Å²) in [6.07, 6.45) is 5.33. The van der Waals surface area contributed by atoms with Crippen molar-refractivity contribution in [2.24, 2.45) is 0 Å². The minimum atomic E-state index is -0.340. The van der Waals surface area contributed by atoms with Gasteiger partial charge in [-0.3, -0.25) is 4.79 Å². The van der Waals surface area contributed by atoms with Crippen LogP contribution in [-0.2, 0) is 11.3 Å². The van der Waals surface area contributed by atoms with Gasteiger partial charge in [0.1, 0.15) is 5.82 Å². The Morgan fingerprint density at radius 2 is 2.07 bits per heavy atom. The van der Waals surface area contributed by atoms with E-state index in [2.05, 4.69) is 10.3 Å². The zero-order valence-electron chi connectivity index (χ0n) is 16.1. The van der Waals surface area contributed by atoms with Gasteiger partial charge in [-0.15, -0.1) is 11.3 Å². The Balaban J connectivity index is 1.57. The molecule has 5 nitrogen and oxygen atoms in total. The topological polar surface area (TPSA) is 56.1 Å². The number of halogens is 1. The van der Waals surface area contributed by atoms with Crippen LogP contribution in [0.5, 0.6) is 0 Å². The van der Waals surface area contributed by atoms with Gasteiger partial charge in [-0.1, -0.05) is 18.2 Å². The number of methoxy groups -OCH3 is 1. The Hall–Kier alpha value is -3.03. The molecule has 0 saturated carbocycles. The molecule has 2 aromatic heterocycles. The van der Waals surface area contributed by atoms with Crippen molar-refractivity contribution in [3.63, 3.8) is 0 Å². The molecule has 4 rings (SSSR count). The minimum absolute atomic E-state index is 0.178. The molecule has 0 aliphatic heterocycles.